The monoisotopic (exact) mass is 400 g/mol. The molecule has 0 fully saturated rings. The first-order valence-corrected chi connectivity index (χ1v) is 9.02. The van der Waals surface area contributed by atoms with Crippen LogP contribution in [0.2, 0.25) is 0 Å². The highest BCUT2D eigenvalue weighted by atomic mass is 32.1. The topological polar surface area (TPSA) is 122 Å². The summed E-state index contributed by atoms with van der Waals surface area (Å²) in [7, 11) is 1.24. The molecule has 3 rings (SSSR count). The van der Waals surface area contributed by atoms with Gasteiger partial charge in [0.25, 0.3) is 11.8 Å². The van der Waals surface area contributed by atoms with E-state index in [0.29, 0.717) is 15.8 Å². The van der Waals surface area contributed by atoms with Gasteiger partial charge in [0.05, 0.1) is 17.5 Å². The van der Waals surface area contributed by atoms with Crippen LogP contribution in [0, 0.1) is 0 Å². The number of benzene rings is 1. The van der Waals surface area contributed by atoms with E-state index in [1.807, 2.05) is 0 Å². The molecule has 0 spiro atoms. The van der Waals surface area contributed by atoms with Crippen molar-refractivity contribution >= 4 is 45.7 Å². The standard InChI is InChI=1S/C18H16N4O5S/c1-27-15(24)10-22-12-6-3-2-5-11(12)16(18(22)26)21-20-14(23)9-19-17(25)13-7-4-8-28-13/h2-8,26H,9-10H2,1H3,(H,19,25). The average molecular weight is 400 g/mol. The summed E-state index contributed by atoms with van der Waals surface area (Å²) >= 11 is 1.25. The van der Waals surface area contributed by atoms with Crippen LogP contribution in [-0.2, 0) is 20.9 Å². The summed E-state index contributed by atoms with van der Waals surface area (Å²) in [5.74, 6) is -1.93. The number of fused-ring (bicyclic) bond motifs is 1. The second kappa shape index (κ2) is 8.44. The Hall–Kier alpha value is -3.53. The lowest BCUT2D eigenvalue weighted by atomic mass is 10.2. The fourth-order valence-electron chi connectivity index (χ4n) is 2.52. The third-order valence-electron chi connectivity index (χ3n) is 3.84. The van der Waals surface area contributed by atoms with E-state index in [0.717, 1.165) is 0 Å². The lowest BCUT2D eigenvalue weighted by molar-refractivity contribution is -0.141. The summed E-state index contributed by atoms with van der Waals surface area (Å²) in [4.78, 5) is 35.8. The van der Waals surface area contributed by atoms with Crippen molar-refractivity contribution in [1.82, 2.24) is 9.88 Å². The number of ether oxygens (including phenoxy) is 1. The molecule has 0 bridgehead atoms. The minimum absolute atomic E-state index is 0.0532. The average Bonchev–Trinajstić information content (AvgIpc) is 3.33. The van der Waals surface area contributed by atoms with Crippen molar-refractivity contribution in [3.63, 3.8) is 0 Å². The number of carbonyl (C=O) groups is 3. The molecule has 0 saturated carbocycles. The lowest BCUT2D eigenvalue weighted by Gasteiger charge is -2.04. The van der Waals surface area contributed by atoms with Gasteiger partial charge in [0.2, 0.25) is 5.88 Å². The molecule has 1 aromatic carbocycles. The Morgan fingerprint density at radius 2 is 2.00 bits per heavy atom. The summed E-state index contributed by atoms with van der Waals surface area (Å²) < 4.78 is 5.95. The maximum Gasteiger partial charge on any atom is 0.325 e. The highest BCUT2D eigenvalue weighted by Crippen LogP contribution is 2.38. The van der Waals surface area contributed by atoms with Crippen LogP contribution in [-0.4, -0.2) is 41.1 Å². The molecule has 2 aromatic heterocycles. The quantitative estimate of drug-likeness (QED) is 0.486. The van der Waals surface area contributed by atoms with Crippen LogP contribution >= 0.6 is 11.3 Å². The Morgan fingerprint density at radius 3 is 2.71 bits per heavy atom. The van der Waals surface area contributed by atoms with Crippen molar-refractivity contribution < 1.29 is 24.2 Å². The van der Waals surface area contributed by atoms with Gasteiger partial charge in [0.15, 0.2) is 5.69 Å². The number of hydrogen-bond donors (Lipinski definition) is 2. The van der Waals surface area contributed by atoms with Crippen molar-refractivity contribution in [3.05, 3.63) is 46.7 Å². The first-order valence-electron chi connectivity index (χ1n) is 8.14. The van der Waals surface area contributed by atoms with Crippen molar-refractivity contribution in [1.29, 1.82) is 0 Å². The number of esters is 1. The Bertz CT molecular complexity index is 1060. The van der Waals surface area contributed by atoms with E-state index in [1.165, 1.54) is 23.0 Å². The van der Waals surface area contributed by atoms with Crippen LogP contribution in [0.25, 0.3) is 10.9 Å². The molecule has 3 aromatic rings. The number of aromatic hydroxyl groups is 1. The van der Waals surface area contributed by atoms with E-state index >= 15 is 0 Å². The predicted octanol–water partition coefficient (Wildman–Crippen LogP) is 2.62. The number of nitrogens with one attached hydrogen (secondary N) is 1. The van der Waals surface area contributed by atoms with Crippen molar-refractivity contribution in [2.75, 3.05) is 13.7 Å². The molecule has 9 nitrogen and oxygen atoms in total. The minimum Gasteiger partial charge on any atom is -0.493 e. The molecule has 28 heavy (non-hydrogen) atoms. The molecule has 0 atom stereocenters. The molecule has 2 heterocycles. The van der Waals surface area contributed by atoms with Crippen LogP contribution < -0.4 is 5.32 Å². The highest BCUT2D eigenvalue weighted by Gasteiger charge is 2.19. The zero-order valence-corrected chi connectivity index (χ0v) is 15.6. The second-order valence-corrected chi connectivity index (χ2v) is 6.55. The van der Waals surface area contributed by atoms with Gasteiger partial charge in [-0.1, -0.05) is 24.3 Å². The molecule has 0 unspecified atom stereocenters. The molecule has 0 radical (unpaired) electrons. The minimum atomic E-state index is -0.686. The van der Waals surface area contributed by atoms with Gasteiger partial charge in [0.1, 0.15) is 13.1 Å². The van der Waals surface area contributed by atoms with Crippen molar-refractivity contribution in [2.24, 2.45) is 10.2 Å². The highest BCUT2D eigenvalue weighted by molar-refractivity contribution is 7.12. The molecule has 0 aliphatic heterocycles. The lowest BCUT2D eigenvalue weighted by Crippen LogP contribution is -2.27. The molecule has 0 aliphatic rings. The van der Waals surface area contributed by atoms with Crippen LogP contribution in [0.4, 0.5) is 5.69 Å². The summed E-state index contributed by atoms with van der Waals surface area (Å²) in [6.07, 6.45) is 0. The van der Waals surface area contributed by atoms with Gasteiger partial charge in [-0.05, 0) is 17.5 Å². The molecule has 144 valence electrons. The van der Waals surface area contributed by atoms with Gasteiger partial charge in [-0.25, -0.2) is 0 Å². The second-order valence-electron chi connectivity index (χ2n) is 5.61. The fraction of sp³-hybridized carbons (Fsp3) is 0.167. The normalized spacial score (nSPS) is 11.0. The third kappa shape index (κ3) is 4.07. The molecule has 0 aliphatic carbocycles. The smallest absolute Gasteiger partial charge is 0.325 e. The van der Waals surface area contributed by atoms with E-state index in [2.05, 4.69) is 20.3 Å². The number of rotatable bonds is 6. The van der Waals surface area contributed by atoms with Crippen LogP contribution in [0.15, 0.2) is 52.0 Å². The molecule has 0 saturated heterocycles. The zero-order chi connectivity index (χ0) is 20.1. The Kier molecular flexibility index (Phi) is 5.80. The number of thiophene rings is 1. The van der Waals surface area contributed by atoms with E-state index in [-0.39, 0.29) is 30.6 Å². The van der Waals surface area contributed by atoms with E-state index in [4.69, 9.17) is 0 Å². The number of nitrogens with zero attached hydrogens (tertiary/aromatic N) is 3. The third-order valence-corrected chi connectivity index (χ3v) is 4.71. The van der Waals surface area contributed by atoms with Crippen molar-refractivity contribution in [2.45, 2.75) is 6.54 Å². The first kappa shape index (κ1) is 19.2. The van der Waals surface area contributed by atoms with E-state index < -0.39 is 11.9 Å². The predicted molar refractivity (Wildman–Crippen MR) is 102 cm³/mol. The number of para-hydroxylation sites is 1. The summed E-state index contributed by atoms with van der Waals surface area (Å²) in [5, 5.41) is 22.5. The Labute approximate surface area is 163 Å². The molecular formula is C18H16N4O5S. The number of aromatic nitrogens is 1. The number of carbonyl (C=O) groups excluding carboxylic acids is 3. The van der Waals surface area contributed by atoms with Crippen molar-refractivity contribution in [3.8, 4) is 5.88 Å². The van der Waals surface area contributed by atoms with Gasteiger partial charge in [-0.15, -0.1) is 21.6 Å². The molecular weight excluding hydrogens is 384 g/mol. The van der Waals surface area contributed by atoms with Crippen LogP contribution in [0.3, 0.4) is 0 Å². The number of amides is 2. The first-order chi connectivity index (χ1) is 13.5. The molecule has 2 N–H and O–H groups in total. The SMILES string of the molecule is COC(=O)Cn1c(O)c(N=NC(=O)CNC(=O)c2cccs2)c2ccccc21. The largest absolute Gasteiger partial charge is 0.493 e. The van der Waals surface area contributed by atoms with Crippen LogP contribution in [0.5, 0.6) is 5.88 Å². The molecule has 10 heteroatoms. The number of hydrogen-bond acceptors (Lipinski definition) is 7. The van der Waals surface area contributed by atoms with Gasteiger partial charge in [-0.3, -0.25) is 19.0 Å². The van der Waals surface area contributed by atoms with Gasteiger partial charge in [-0.2, -0.15) is 0 Å². The van der Waals surface area contributed by atoms with Gasteiger partial charge < -0.3 is 15.2 Å². The Morgan fingerprint density at radius 1 is 1.21 bits per heavy atom. The Balaban J connectivity index is 1.77. The number of methoxy groups -OCH3 is 1. The summed E-state index contributed by atoms with van der Waals surface area (Å²) in [6.45, 7) is -0.551. The maximum absolute atomic E-state index is 11.9. The van der Waals surface area contributed by atoms with Gasteiger partial charge in [0, 0.05) is 5.39 Å². The van der Waals surface area contributed by atoms with E-state index in [9.17, 15) is 19.5 Å². The summed E-state index contributed by atoms with van der Waals surface area (Å²) in [5.41, 5.74) is 0.593. The molecule has 2 amide bonds. The zero-order valence-electron chi connectivity index (χ0n) is 14.8. The summed E-state index contributed by atoms with van der Waals surface area (Å²) in [6, 6.07) is 10.2. The van der Waals surface area contributed by atoms with Gasteiger partial charge >= 0.3 is 5.97 Å². The fourth-order valence-corrected chi connectivity index (χ4v) is 3.16. The maximum atomic E-state index is 11.9. The van der Waals surface area contributed by atoms with Crippen LogP contribution in [0.1, 0.15) is 9.67 Å². The number of azo groups is 1. The van der Waals surface area contributed by atoms with E-state index in [1.54, 1.807) is 41.8 Å².